The van der Waals surface area contributed by atoms with Crippen LogP contribution in [0.25, 0.3) is 11.3 Å². The van der Waals surface area contributed by atoms with E-state index in [4.69, 9.17) is 15.1 Å². The van der Waals surface area contributed by atoms with Crippen molar-refractivity contribution in [1.82, 2.24) is 15.4 Å². The number of benzene rings is 2. The zero-order chi connectivity index (χ0) is 17.8. The summed E-state index contributed by atoms with van der Waals surface area (Å²) in [6.45, 7) is 0. The number of hydrogen-bond acceptors (Lipinski definition) is 6. The maximum absolute atomic E-state index is 12.1. The molecule has 0 spiro atoms. The molecule has 25 heavy (non-hydrogen) atoms. The van der Waals surface area contributed by atoms with Gasteiger partial charge in [0.15, 0.2) is 5.69 Å². The summed E-state index contributed by atoms with van der Waals surface area (Å²) in [4.78, 5) is 22.9. The average molecular weight is 334 g/mol. The molecule has 122 valence electrons. The lowest BCUT2D eigenvalue weighted by Crippen LogP contribution is -2.09. The first kappa shape index (κ1) is 15.9. The fourth-order valence-electron chi connectivity index (χ4n) is 2.11. The van der Waals surface area contributed by atoms with Crippen LogP contribution in [0.4, 0.5) is 0 Å². The first-order valence-electron chi connectivity index (χ1n) is 7.05. The second-order valence-electron chi connectivity index (χ2n) is 4.93. The summed E-state index contributed by atoms with van der Waals surface area (Å²) in [5, 5.41) is 27.8. The van der Waals surface area contributed by atoms with Crippen LogP contribution in [0.3, 0.4) is 0 Å². The Balaban J connectivity index is 1.74. The number of nitrogens with zero attached hydrogens (tertiary/aromatic N) is 3. The molecule has 0 atom stereocenters. The molecule has 1 aromatic heterocycles. The van der Waals surface area contributed by atoms with Gasteiger partial charge in [0.2, 0.25) is 0 Å². The van der Waals surface area contributed by atoms with Gasteiger partial charge in [-0.2, -0.15) is 15.6 Å². The molecule has 0 radical (unpaired) electrons. The van der Waals surface area contributed by atoms with Crippen molar-refractivity contribution in [3.05, 3.63) is 65.4 Å². The summed E-state index contributed by atoms with van der Waals surface area (Å²) in [6, 6.07) is 13.8. The number of carbonyl (C=O) groups is 2. The van der Waals surface area contributed by atoms with E-state index in [1.54, 1.807) is 24.3 Å². The van der Waals surface area contributed by atoms with Crippen LogP contribution in [0.1, 0.15) is 26.4 Å². The molecule has 0 bridgehead atoms. The van der Waals surface area contributed by atoms with Gasteiger partial charge < -0.3 is 9.84 Å². The molecule has 8 heteroatoms. The van der Waals surface area contributed by atoms with Crippen molar-refractivity contribution in [2.75, 3.05) is 0 Å². The van der Waals surface area contributed by atoms with Gasteiger partial charge in [-0.15, -0.1) is 5.10 Å². The summed E-state index contributed by atoms with van der Waals surface area (Å²) < 4.78 is 5.23. The minimum absolute atomic E-state index is 0.0850. The lowest BCUT2D eigenvalue weighted by molar-refractivity contribution is 0.0691. The van der Waals surface area contributed by atoms with E-state index in [2.05, 4.69) is 15.4 Å². The maximum atomic E-state index is 12.1. The molecule has 8 nitrogen and oxygen atoms in total. The first-order chi connectivity index (χ1) is 12.1. The smallest absolute Gasteiger partial charge is 0.343 e. The molecule has 3 rings (SSSR count). The minimum Gasteiger partial charge on any atom is -0.478 e. The second-order valence-corrected chi connectivity index (χ2v) is 4.93. The number of H-pyrrole nitrogens is 1. The highest BCUT2D eigenvalue weighted by Crippen LogP contribution is 2.22. The number of aromatic carboxylic acids is 1. The summed E-state index contributed by atoms with van der Waals surface area (Å²) in [7, 11) is 0. The molecule has 0 aliphatic rings. The topological polar surface area (TPSA) is 129 Å². The molecule has 0 aliphatic heterocycles. The highest BCUT2D eigenvalue weighted by atomic mass is 16.5. The number of hydrogen-bond donors (Lipinski definition) is 2. The van der Waals surface area contributed by atoms with Gasteiger partial charge in [0.05, 0.1) is 11.1 Å². The molecule has 2 N–H and O–H groups in total. The second kappa shape index (κ2) is 6.64. The van der Waals surface area contributed by atoms with Crippen molar-refractivity contribution in [2.45, 2.75) is 0 Å². The van der Waals surface area contributed by atoms with Crippen LogP contribution < -0.4 is 4.74 Å². The van der Waals surface area contributed by atoms with Crippen LogP contribution in [-0.2, 0) is 0 Å². The number of carboxylic acids is 1. The number of carboxylic acid groups (broad SMARTS) is 1. The Morgan fingerprint density at radius 3 is 2.24 bits per heavy atom. The number of aromatic amines is 1. The Kier molecular flexibility index (Phi) is 4.22. The highest BCUT2D eigenvalue weighted by molar-refractivity contribution is 5.93. The van der Waals surface area contributed by atoms with E-state index in [0.717, 1.165) is 0 Å². The number of aromatic nitrogens is 3. The van der Waals surface area contributed by atoms with E-state index in [1.165, 1.54) is 24.3 Å². The van der Waals surface area contributed by atoms with Gasteiger partial charge in [-0.05, 0) is 48.5 Å². The first-order valence-corrected chi connectivity index (χ1v) is 7.05. The number of rotatable bonds is 4. The number of nitrogens with one attached hydrogen (secondary N) is 1. The quantitative estimate of drug-likeness (QED) is 0.553. The predicted molar refractivity (Wildman–Crippen MR) is 84.9 cm³/mol. The minimum atomic E-state index is -1.07. The van der Waals surface area contributed by atoms with Crippen LogP contribution in [0, 0.1) is 11.3 Å². The van der Waals surface area contributed by atoms with E-state index in [-0.39, 0.29) is 16.8 Å². The fourth-order valence-corrected chi connectivity index (χ4v) is 2.11. The molecule has 3 aromatic rings. The van der Waals surface area contributed by atoms with Gasteiger partial charge >= 0.3 is 11.9 Å². The third-order valence-electron chi connectivity index (χ3n) is 3.36. The van der Waals surface area contributed by atoms with E-state index < -0.39 is 11.9 Å². The van der Waals surface area contributed by atoms with Gasteiger partial charge in [-0.3, -0.25) is 0 Å². The lowest BCUT2D eigenvalue weighted by Gasteiger charge is -2.05. The van der Waals surface area contributed by atoms with Crippen molar-refractivity contribution in [1.29, 1.82) is 5.26 Å². The standard InChI is InChI=1S/C17H10N4O4/c18-9-14-15(20-21-19-14)10-5-7-13(8-6-10)25-17(24)12-3-1-11(2-4-12)16(22)23/h1-8H,(H,22,23)(H,19,20,21). The Bertz CT molecular complexity index is 969. The van der Waals surface area contributed by atoms with Crippen molar-refractivity contribution in [3.63, 3.8) is 0 Å². The van der Waals surface area contributed by atoms with Crippen LogP contribution in [-0.4, -0.2) is 32.5 Å². The summed E-state index contributed by atoms with van der Waals surface area (Å²) in [6.07, 6.45) is 0. The predicted octanol–water partition coefficient (Wildman–Crippen LogP) is 2.26. The van der Waals surface area contributed by atoms with E-state index in [9.17, 15) is 9.59 Å². The zero-order valence-corrected chi connectivity index (χ0v) is 12.6. The van der Waals surface area contributed by atoms with Crippen molar-refractivity contribution in [3.8, 4) is 23.1 Å². The molecule has 0 amide bonds. The van der Waals surface area contributed by atoms with E-state index in [1.807, 2.05) is 6.07 Å². The molecule has 0 saturated carbocycles. The van der Waals surface area contributed by atoms with Crippen LogP contribution in [0.15, 0.2) is 48.5 Å². The monoisotopic (exact) mass is 334 g/mol. The number of nitriles is 1. The molecule has 0 unspecified atom stereocenters. The van der Waals surface area contributed by atoms with Gasteiger partial charge in [-0.25, -0.2) is 9.59 Å². The van der Waals surface area contributed by atoms with E-state index in [0.29, 0.717) is 17.0 Å². The number of esters is 1. The molecule has 0 fully saturated rings. The average Bonchev–Trinajstić information content (AvgIpc) is 3.11. The Morgan fingerprint density at radius 2 is 1.64 bits per heavy atom. The van der Waals surface area contributed by atoms with Gasteiger partial charge in [0.1, 0.15) is 17.5 Å². The summed E-state index contributed by atoms with van der Waals surface area (Å²) in [5.74, 6) is -1.37. The highest BCUT2D eigenvalue weighted by Gasteiger charge is 2.12. The molecular weight excluding hydrogens is 324 g/mol. The van der Waals surface area contributed by atoms with Crippen molar-refractivity contribution in [2.24, 2.45) is 0 Å². The third kappa shape index (κ3) is 3.35. The summed E-state index contributed by atoms with van der Waals surface area (Å²) >= 11 is 0. The van der Waals surface area contributed by atoms with Crippen molar-refractivity contribution >= 4 is 11.9 Å². The van der Waals surface area contributed by atoms with Gasteiger partial charge in [0, 0.05) is 5.56 Å². The van der Waals surface area contributed by atoms with Gasteiger partial charge in [0.25, 0.3) is 0 Å². The SMILES string of the molecule is N#Cc1n[nH]nc1-c1ccc(OC(=O)c2ccc(C(=O)O)cc2)cc1. The zero-order valence-electron chi connectivity index (χ0n) is 12.6. The lowest BCUT2D eigenvalue weighted by atomic mass is 10.1. The summed E-state index contributed by atoms with van der Waals surface area (Å²) in [5.41, 5.74) is 1.54. The molecule has 0 saturated heterocycles. The Labute approximate surface area is 141 Å². The normalized spacial score (nSPS) is 10.0. The molecule has 2 aromatic carbocycles. The molecule has 0 aliphatic carbocycles. The van der Waals surface area contributed by atoms with Crippen LogP contribution in [0.5, 0.6) is 5.75 Å². The fraction of sp³-hybridized carbons (Fsp3) is 0. The van der Waals surface area contributed by atoms with E-state index >= 15 is 0 Å². The maximum Gasteiger partial charge on any atom is 0.343 e. The Morgan fingerprint density at radius 1 is 1.00 bits per heavy atom. The number of ether oxygens (including phenoxy) is 1. The molecular formula is C17H10N4O4. The van der Waals surface area contributed by atoms with Crippen LogP contribution >= 0.6 is 0 Å². The Hall–Kier alpha value is -3.99. The number of carbonyl (C=O) groups excluding carboxylic acids is 1. The van der Waals surface area contributed by atoms with Crippen molar-refractivity contribution < 1.29 is 19.4 Å². The van der Waals surface area contributed by atoms with Crippen LogP contribution in [0.2, 0.25) is 0 Å². The third-order valence-corrected chi connectivity index (χ3v) is 3.36. The van der Waals surface area contributed by atoms with Gasteiger partial charge in [-0.1, -0.05) is 0 Å². The largest absolute Gasteiger partial charge is 0.478 e. The molecule has 1 heterocycles.